The van der Waals surface area contributed by atoms with Gasteiger partial charge < -0.3 is 20.4 Å². The number of guanidine groups is 1. The molecule has 1 fully saturated rings. The van der Waals surface area contributed by atoms with E-state index in [1.165, 1.54) is 22.5 Å². The summed E-state index contributed by atoms with van der Waals surface area (Å²) < 4.78 is 1.86. The highest BCUT2D eigenvalue weighted by Crippen LogP contribution is 2.19. The van der Waals surface area contributed by atoms with Crippen molar-refractivity contribution in [3.8, 4) is 0 Å². The van der Waals surface area contributed by atoms with Gasteiger partial charge in [-0.15, -0.1) is 24.0 Å². The van der Waals surface area contributed by atoms with E-state index in [0.29, 0.717) is 6.04 Å². The molecule has 7 nitrogen and oxygen atoms in total. The van der Waals surface area contributed by atoms with Crippen LogP contribution in [-0.2, 0) is 13.6 Å². The van der Waals surface area contributed by atoms with Gasteiger partial charge in [0, 0.05) is 65.8 Å². The van der Waals surface area contributed by atoms with Crippen LogP contribution in [0.5, 0.6) is 0 Å². The monoisotopic (exact) mass is 511 g/mol. The Bertz CT molecular complexity index is 815. The lowest BCUT2D eigenvalue weighted by Crippen LogP contribution is -2.51. The second kappa shape index (κ2) is 10.7. The second-order valence-electron chi connectivity index (χ2n) is 7.73. The van der Waals surface area contributed by atoms with E-state index in [2.05, 4.69) is 75.9 Å². The van der Waals surface area contributed by atoms with Crippen molar-refractivity contribution in [2.45, 2.75) is 32.4 Å². The van der Waals surface area contributed by atoms with Crippen LogP contribution in [0.4, 0.5) is 11.4 Å². The van der Waals surface area contributed by atoms with Crippen LogP contribution in [0.25, 0.3) is 0 Å². The van der Waals surface area contributed by atoms with Crippen molar-refractivity contribution in [1.82, 2.24) is 20.4 Å². The minimum absolute atomic E-state index is 0. The maximum absolute atomic E-state index is 4.43. The molecule has 1 aromatic heterocycles. The highest BCUT2D eigenvalue weighted by Gasteiger charge is 2.21. The molecule has 0 amide bonds. The Labute approximate surface area is 191 Å². The number of piperidine rings is 1. The van der Waals surface area contributed by atoms with Gasteiger partial charge in [0.25, 0.3) is 0 Å². The molecular weight excluding hydrogens is 477 g/mol. The van der Waals surface area contributed by atoms with Gasteiger partial charge in [-0.1, -0.05) is 6.07 Å². The minimum Gasteiger partial charge on any atom is -0.378 e. The summed E-state index contributed by atoms with van der Waals surface area (Å²) in [6.45, 7) is 4.96. The SMILES string of the molecule is CN=C(NCc1ccc(N(C)C)cc1C)NC1CCCN(c2cnn(C)c2)C1.I. The first-order chi connectivity index (χ1) is 13.5. The first kappa shape index (κ1) is 23.3. The van der Waals surface area contributed by atoms with Crippen molar-refractivity contribution in [3.63, 3.8) is 0 Å². The van der Waals surface area contributed by atoms with Crippen LogP contribution in [0.1, 0.15) is 24.0 Å². The third-order valence-corrected chi connectivity index (χ3v) is 5.33. The molecule has 1 aromatic carbocycles. The standard InChI is InChI=1S/C21H33N7.HI/c1-16-11-19(26(3)4)9-8-17(16)12-23-21(22-2)25-18-7-6-10-28(14-18)20-13-24-27(5)15-20;/h8-9,11,13,15,18H,6-7,10,12,14H2,1-5H3,(H2,22,23,25);1H. The Morgan fingerprint density at radius 3 is 2.76 bits per heavy atom. The zero-order valence-electron chi connectivity index (χ0n) is 18.1. The fourth-order valence-corrected chi connectivity index (χ4v) is 3.62. The molecule has 1 atom stereocenters. The van der Waals surface area contributed by atoms with Crippen LogP contribution < -0.4 is 20.4 Å². The number of aryl methyl sites for hydroxylation is 2. The highest BCUT2D eigenvalue weighted by atomic mass is 127. The number of hydrogen-bond donors (Lipinski definition) is 2. The number of halogens is 1. The van der Waals surface area contributed by atoms with Crippen molar-refractivity contribution >= 4 is 41.3 Å². The quantitative estimate of drug-likeness (QED) is 0.368. The fourth-order valence-electron chi connectivity index (χ4n) is 3.62. The second-order valence-corrected chi connectivity index (χ2v) is 7.73. The van der Waals surface area contributed by atoms with E-state index >= 15 is 0 Å². The maximum Gasteiger partial charge on any atom is 0.191 e. The van der Waals surface area contributed by atoms with Gasteiger partial charge in [0.15, 0.2) is 5.96 Å². The Morgan fingerprint density at radius 2 is 2.14 bits per heavy atom. The lowest BCUT2D eigenvalue weighted by Gasteiger charge is -2.34. The molecule has 2 N–H and O–H groups in total. The predicted octanol–water partition coefficient (Wildman–Crippen LogP) is 2.75. The van der Waals surface area contributed by atoms with Crippen LogP contribution in [0.3, 0.4) is 0 Å². The molecule has 0 radical (unpaired) electrons. The summed E-state index contributed by atoms with van der Waals surface area (Å²) in [7, 11) is 7.93. The molecule has 0 saturated carbocycles. The molecule has 1 aliphatic rings. The Morgan fingerprint density at radius 1 is 1.34 bits per heavy atom. The van der Waals surface area contributed by atoms with E-state index in [1.807, 2.05) is 25.0 Å². The smallest absolute Gasteiger partial charge is 0.191 e. The molecule has 1 aliphatic heterocycles. The van der Waals surface area contributed by atoms with Gasteiger partial charge in [-0.3, -0.25) is 9.67 Å². The molecule has 3 rings (SSSR count). The molecule has 0 spiro atoms. The average molecular weight is 511 g/mol. The third kappa shape index (κ3) is 6.25. The largest absolute Gasteiger partial charge is 0.378 e. The average Bonchev–Trinajstić information content (AvgIpc) is 3.12. The molecular formula is C21H34IN7. The van der Waals surface area contributed by atoms with Gasteiger partial charge in [0.1, 0.15) is 0 Å². The van der Waals surface area contributed by atoms with Crippen molar-refractivity contribution in [1.29, 1.82) is 0 Å². The summed E-state index contributed by atoms with van der Waals surface area (Å²) in [6.07, 6.45) is 6.33. The third-order valence-electron chi connectivity index (χ3n) is 5.33. The normalized spacial score (nSPS) is 16.9. The zero-order chi connectivity index (χ0) is 20.1. The van der Waals surface area contributed by atoms with Gasteiger partial charge >= 0.3 is 0 Å². The highest BCUT2D eigenvalue weighted by molar-refractivity contribution is 14.0. The van der Waals surface area contributed by atoms with E-state index in [-0.39, 0.29) is 24.0 Å². The zero-order valence-corrected chi connectivity index (χ0v) is 20.5. The van der Waals surface area contributed by atoms with Crippen LogP contribution in [0.2, 0.25) is 0 Å². The van der Waals surface area contributed by atoms with Crippen LogP contribution >= 0.6 is 24.0 Å². The van der Waals surface area contributed by atoms with E-state index in [0.717, 1.165) is 38.4 Å². The molecule has 2 heterocycles. The fraction of sp³-hybridized carbons (Fsp3) is 0.524. The van der Waals surface area contributed by atoms with E-state index in [9.17, 15) is 0 Å². The van der Waals surface area contributed by atoms with Gasteiger partial charge in [0.05, 0.1) is 11.9 Å². The Kier molecular flexibility index (Phi) is 8.60. The molecule has 2 aromatic rings. The van der Waals surface area contributed by atoms with E-state index in [1.54, 1.807) is 0 Å². The van der Waals surface area contributed by atoms with Gasteiger partial charge in [-0.05, 0) is 43.0 Å². The number of rotatable bonds is 5. The van der Waals surface area contributed by atoms with E-state index in [4.69, 9.17) is 0 Å². The number of nitrogens with zero attached hydrogens (tertiary/aromatic N) is 5. The van der Waals surface area contributed by atoms with Crippen molar-refractivity contribution in [3.05, 3.63) is 41.7 Å². The number of aliphatic imine (C=N–C) groups is 1. The number of benzene rings is 1. The lowest BCUT2D eigenvalue weighted by atomic mass is 10.1. The molecule has 1 saturated heterocycles. The summed E-state index contributed by atoms with van der Waals surface area (Å²) in [5, 5.41) is 11.4. The van der Waals surface area contributed by atoms with Crippen molar-refractivity contribution in [2.75, 3.05) is 44.0 Å². The number of aromatic nitrogens is 2. The predicted molar refractivity (Wildman–Crippen MR) is 133 cm³/mol. The van der Waals surface area contributed by atoms with Gasteiger partial charge in [-0.25, -0.2) is 0 Å². The van der Waals surface area contributed by atoms with Gasteiger partial charge in [0.2, 0.25) is 0 Å². The molecule has 29 heavy (non-hydrogen) atoms. The summed E-state index contributed by atoms with van der Waals surface area (Å²) in [6, 6.07) is 6.94. The number of anilines is 2. The minimum atomic E-state index is 0. The van der Waals surface area contributed by atoms with Crippen molar-refractivity contribution < 1.29 is 0 Å². The first-order valence-corrected chi connectivity index (χ1v) is 9.94. The summed E-state index contributed by atoms with van der Waals surface area (Å²) >= 11 is 0. The molecule has 8 heteroatoms. The first-order valence-electron chi connectivity index (χ1n) is 9.94. The Hall–Kier alpha value is -1.97. The molecule has 0 aliphatic carbocycles. The van der Waals surface area contributed by atoms with E-state index < -0.39 is 0 Å². The molecule has 0 bridgehead atoms. The Balaban J connectivity index is 0.00000300. The summed E-state index contributed by atoms with van der Waals surface area (Å²) in [4.78, 5) is 8.95. The summed E-state index contributed by atoms with van der Waals surface area (Å²) in [5.41, 5.74) is 4.98. The number of hydrogen-bond acceptors (Lipinski definition) is 4. The van der Waals surface area contributed by atoms with Crippen molar-refractivity contribution in [2.24, 2.45) is 12.0 Å². The molecule has 1 unspecified atom stereocenters. The summed E-state index contributed by atoms with van der Waals surface area (Å²) in [5.74, 6) is 0.856. The van der Waals surface area contributed by atoms with Crippen LogP contribution in [-0.4, -0.2) is 56.0 Å². The lowest BCUT2D eigenvalue weighted by molar-refractivity contribution is 0.468. The topological polar surface area (TPSA) is 60.7 Å². The number of nitrogens with one attached hydrogen (secondary N) is 2. The van der Waals surface area contributed by atoms with Crippen LogP contribution in [0.15, 0.2) is 35.6 Å². The maximum atomic E-state index is 4.43. The van der Waals surface area contributed by atoms with Gasteiger partial charge in [-0.2, -0.15) is 5.10 Å². The molecule has 160 valence electrons. The van der Waals surface area contributed by atoms with Crippen LogP contribution in [0, 0.1) is 6.92 Å².